The number of nitrogens with zero attached hydrogens (tertiary/aromatic N) is 4. The van der Waals surface area contributed by atoms with Crippen LogP contribution in [-0.2, 0) is 22.7 Å². The topological polar surface area (TPSA) is 80.1 Å². The van der Waals surface area contributed by atoms with Gasteiger partial charge < -0.3 is 14.8 Å². The van der Waals surface area contributed by atoms with Crippen molar-refractivity contribution in [1.82, 2.24) is 25.0 Å². The Labute approximate surface area is 134 Å². The van der Waals surface area contributed by atoms with E-state index in [2.05, 4.69) is 15.5 Å². The van der Waals surface area contributed by atoms with Crippen LogP contribution in [0.1, 0.15) is 38.4 Å². The van der Waals surface area contributed by atoms with Gasteiger partial charge in [0.1, 0.15) is 0 Å². The van der Waals surface area contributed by atoms with E-state index in [4.69, 9.17) is 0 Å². The van der Waals surface area contributed by atoms with Crippen molar-refractivity contribution in [3.63, 3.8) is 0 Å². The summed E-state index contributed by atoms with van der Waals surface area (Å²) < 4.78 is 1.98. The maximum Gasteiger partial charge on any atom is 0.230 e. The third kappa shape index (κ3) is 4.22. The summed E-state index contributed by atoms with van der Waals surface area (Å²) in [6.45, 7) is 4.03. The molecule has 22 heavy (non-hydrogen) atoms. The molecule has 1 aromatic rings. The van der Waals surface area contributed by atoms with Crippen molar-refractivity contribution in [2.45, 2.75) is 50.9 Å². The van der Waals surface area contributed by atoms with Crippen LogP contribution >= 0.6 is 11.8 Å². The van der Waals surface area contributed by atoms with Crippen molar-refractivity contribution in [3.05, 3.63) is 5.82 Å². The van der Waals surface area contributed by atoms with E-state index >= 15 is 0 Å². The smallest absolute Gasteiger partial charge is 0.230 e. The average Bonchev–Trinajstić information content (AvgIpc) is 2.80. The number of hydrogen-bond acceptors (Lipinski definition) is 5. The molecule has 0 spiro atoms. The van der Waals surface area contributed by atoms with Gasteiger partial charge in [-0.15, -0.1) is 10.2 Å². The summed E-state index contributed by atoms with van der Waals surface area (Å²) in [4.78, 5) is 25.3. The van der Waals surface area contributed by atoms with Crippen LogP contribution < -0.4 is 5.32 Å². The Kier molecular flexibility index (Phi) is 6.23. The Balaban J connectivity index is 2.05. The number of carbonyl (C=O) groups excluding carboxylic acids is 2. The lowest BCUT2D eigenvalue weighted by Crippen LogP contribution is -2.31. The highest BCUT2D eigenvalue weighted by molar-refractivity contribution is 7.99. The minimum absolute atomic E-state index is 0.0418. The Morgan fingerprint density at radius 3 is 2.86 bits per heavy atom. The van der Waals surface area contributed by atoms with Gasteiger partial charge in [-0.05, 0) is 19.8 Å². The highest BCUT2D eigenvalue weighted by Crippen LogP contribution is 2.19. The SMILES string of the molecule is CCn1c(CN2CCCCCC2=O)nnc1SCC(=O)NC. The van der Waals surface area contributed by atoms with Crippen molar-refractivity contribution >= 4 is 23.6 Å². The van der Waals surface area contributed by atoms with Gasteiger partial charge in [0.05, 0.1) is 12.3 Å². The first-order valence-corrected chi connectivity index (χ1v) is 8.67. The van der Waals surface area contributed by atoms with Crippen LogP contribution in [0.5, 0.6) is 0 Å². The number of aromatic nitrogens is 3. The molecule has 1 aliphatic rings. The highest BCUT2D eigenvalue weighted by atomic mass is 32.2. The van der Waals surface area contributed by atoms with E-state index in [9.17, 15) is 9.59 Å². The Morgan fingerprint density at radius 2 is 2.14 bits per heavy atom. The molecular formula is C14H23N5O2S. The van der Waals surface area contributed by atoms with E-state index in [-0.39, 0.29) is 11.8 Å². The number of thioether (sulfide) groups is 1. The third-order valence-corrected chi connectivity index (χ3v) is 4.69. The molecule has 1 saturated heterocycles. The zero-order chi connectivity index (χ0) is 15.9. The largest absolute Gasteiger partial charge is 0.358 e. The summed E-state index contributed by atoms with van der Waals surface area (Å²) in [6, 6.07) is 0. The molecule has 8 heteroatoms. The molecule has 1 aromatic heterocycles. The third-order valence-electron chi connectivity index (χ3n) is 3.72. The van der Waals surface area contributed by atoms with Crippen molar-refractivity contribution in [1.29, 1.82) is 0 Å². The molecule has 1 aliphatic heterocycles. The zero-order valence-corrected chi connectivity index (χ0v) is 14.0. The molecule has 0 atom stereocenters. The summed E-state index contributed by atoms with van der Waals surface area (Å²) in [7, 11) is 1.61. The molecule has 2 amide bonds. The highest BCUT2D eigenvalue weighted by Gasteiger charge is 2.20. The number of amides is 2. The standard InChI is InChI=1S/C14H23N5O2S/c1-3-19-11(9-18-8-6-4-5-7-13(18)21)16-17-14(19)22-10-12(20)15-2/h3-10H2,1-2H3,(H,15,20). The second-order valence-corrected chi connectivity index (χ2v) is 6.17. The van der Waals surface area contributed by atoms with Crippen LogP contribution in [0.2, 0.25) is 0 Å². The van der Waals surface area contributed by atoms with E-state index in [1.807, 2.05) is 16.4 Å². The average molecular weight is 325 g/mol. The molecule has 122 valence electrons. The van der Waals surface area contributed by atoms with Gasteiger partial charge in [0.2, 0.25) is 11.8 Å². The van der Waals surface area contributed by atoms with Gasteiger partial charge in [0.15, 0.2) is 11.0 Å². The fraction of sp³-hybridized carbons (Fsp3) is 0.714. The molecule has 1 fully saturated rings. The summed E-state index contributed by atoms with van der Waals surface area (Å²) in [5, 5.41) is 11.7. The summed E-state index contributed by atoms with van der Waals surface area (Å²) in [5.41, 5.74) is 0. The summed E-state index contributed by atoms with van der Waals surface area (Å²) in [5.74, 6) is 1.26. The van der Waals surface area contributed by atoms with E-state index in [0.29, 0.717) is 18.7 Å². The van der Waals surface area contributed by atoms with Gasteiger partial charge in [-0.2, -0.15) is 0 Å². The van der Waals surface area contributed by atoms with Crippen molar-refractivity contribution in [2.24, 2.45) is 0 Å². The number of hydrogen-bond donors (Lipinski definition) is 1. The van der Waals surface area contributed by atoms with Crippen LogP contribution in [0.3, 0.4) is 0 Å². The molecule has 0 bridgehead atoms. The number of carbonyl (C=O) groups is 2. The predicted molar refractivity (Wildman–Crippen MR) is 84.4 cm³/mol. The maximum atomic E-state index is 12.1. The van der Waals surface area contributed by atoms with Gasteiger partial charge in [0.25, 0.3) is 0 Å². The molecular weight excluding hydrogens is 302 g/mol. The first-order valence-electron chi connectivity index (χ1n) is 7.69. The molecule has 2 heterocycles. The molecule has 0 saturated carbocycles. The summed E-state index contributed by atoms with van der Waals surface area (Å²) in [6.07, 6.45) is 3.75. The Morgan fingerprint density at radius 1 is 1.32 bits per heavy atom. The lowest BCUT2D eigenvalue weighted by atomic mass is 10.2. The molecule has 0 radical (unpaired) electrons. The minimum Gasteiger partial charge on any atom is -0.358 e. The van der Waals surface area contributed by atoms with Crippen LogP contribution in [0.15, 0.2) is 5.16 Å². The first kappa shape index (κ1) is 16.8. The van der Waals surface area contributed by atoms with Crippen molar-refractivity contribution < 1.29 is 9.59 Å². The lowest BCUT2D eigenvalue weighted by molar-refractivity contribution is -0.131. The Hall–Kier alpha value is -1.57. The number of likely N-dealkylation sites (tertiary alicyclic amines) is 1. The van der Waals surface area contributed by atoms with Crippen LogP contribution in [0.25, 0.3) is 0 Å². The van der Waals surface area contributed by atoms with E-state index in [1.165, 1.54) is 11.8 Å². The van der Waals surface area contributed by atoms with Gasteiger partial charge in [0, 0.05) is 26.6 Å². The number of nitrogens with one attached hydrogen (secondary N) is 1. The van der Waals surface area contributed by atoms with Gasteiger partial charge in [-0.25, -0.2) is 0 Å². The van der Waals surface area contributed by atoms with Crippen LogP contribution in [-0.4, -0.2) is 50.8 Å². The second-order valence-electron chi connectivity index (χ2n) is 5.23. The molecule has 1 N–H and O–H groups in total. The van der Waals surface area contributed by atoms with Crippen LogP contribution in [0, 0.1) is 0 Å². The predicted octanol–water partition coefficient (Wildman–Crippen LogP) is 1.04. The first-order chi connectivity index (χ1) is 10.7. The fourth-order valence-corrected chi connectivity index (χ4v) is 3.33. The zero-order valence-electron chi connectivity index (χ0n) is 13.2. The van der Waals surface area contributed by atoms with Gasteiger partial charge >= 0.3 is 0 Å². The minimum atomic E-state index is -0.0418. The van der Waals surface area contributed by atoms with Crippen LogP contribution in [0.4, 0.5) is 0 Å². The quantitative estimate of drug-likeness (QED) is 0.791. The monoisotopic (exact) mass is 325 g/mol. The fourth-order valence-electron chi connectivity index (χ4n) is 2.44. The molecule has 0 aromatic carbocycles. The van der Waals surface area contributed by atoms with E-state index < -0.39 is 0 Å². The lowest BCUT2D eigenvalue weighted by Gasteiger charge is -2.20. The Bertz CT molecular complexity index is 531. The molecule has 2 rings (SSSR count). The summed E-state index contributed by atoms with van der Waals surface area (Å²) >= 11 is 1.37. The normalized spacial score (nSPS) is 15.7. The van der Waals surface area contributed by atoms with E-state index in [0.717, 1.165) is 43.3 Å². The van der Waals surface area contributed by atoms with Crippen molar-refractivity contribution in [2.75, 3.05) is 19.3 Å². The molecule has 0 unspecified atom stereocenters. The van der Waals surface area contributed by atoms with Gasteiger partial charge in [-0.3, -0.25) is 9.59 Å². The van der Waals surface area contributed by atoms with E-state index in [1.54, 1.807) is 7.05 Å². The maximum absolute atomic E-state index is 12.1. The second kappa shape index (κ2) is 8.17. The van der Waals surface area contributed by atoms with Gasteiger partial charge in [-0.1, -0.05) is 18.2 Å². The molecule has 7 nitrogen and oxygen atoms in total. The number of rotatable bonds is 6. The molecule has 0 aliphatic carbocycles. The van der Waals surface area contributed by atoms with Crippen molar-refractivity contribution in [3.8, 4) is 0 Å².